The quantitative estimate of drug-likeness (QED) is 0.863. The lowest BCUT2D eigenvalue weighted by molar-refractivity contribution is -0.121. The average Bonchev–Trinajstić information content (AvgIpc) is 2.35. The molecule has 0 aliphatic rings. The van der Waals surface area contributed by atoms with Gasteiger partial charge in [-0.1, -0.05) is 42.5 Å². The smallest absolute Gasteiger partial charge is 0.221 e. The normalized spacial score (nSPS) is 12.3. The summed E-state index contributed by atoms with van der Waals surface area (Å²) in [5.74, 6) is -0.00191. The van der Waals surface area contributed by atoms with Crippen LogP contribution in [-0.2, 0) is 11.3 Å². The van der Waals surface area contributed by atoms with Gasteiger partial charge in [0.1, 0.15) is 0 Å². The summed E-state index contributed by atoms with van der Waals surface area (Å²) in [5.41, 5.74) is 6.72. The molecule has 2 rings (SSSR count). The Balaban J connectivity index is 2.10. The number of carbonyl (C=O) groups is 1. The first-order valence-corrected chi connectivity index (χ1v) is 6.16. The van der Waals surface area contributed by atoms with Crippen LogP contribution in [0.5, 0.6) is 0 Å². The topological polar surface area (TPSA) is 55.1 Å². The molecule has 0 aliphatic heterocycles. The maximum Gasteiger partial charge on any atom is 0.221 e. The third-order valence-corrected chi connectivity index (χ3v) is 2.86. The van der Waals surface area contributed by atoms with Gasteiger partial charge in [0, 0.05) is 19.0 Å². The highest BCUT2D eigenvalue weighted by molar-refractivity contribution is 5.86. The molecule has 1 amide bonds. The Labute approximate surface area is 107 Å². The number of hydrogen-bond acceptors (Lipinski definition) is 2. The molecule has 0 fully saturated rings. The number of nitrogens with two attached hydrogens (primary N) is 1. The highest BCUT2D eigenvalue weighted by atomic mass is 16.1. The third kappa shape index (κ3) is 3.08. The number of amides is 1. The zero-order valence-corrected chi connectivity index (χ0v) is 10.5. The molecule has 2 aromatic rings. The second-order valence-electron chi connectivity index (χ2n) is 4.60. The van der Waals surface area contributed by atoms with Gasteiger partial charge >= 0.3 is 0 Å². The molecule has 0 radical (unpaired) electrons. The first-order chi connectivity index (χ1) is 8.66. The lowest BCUT2D eigenvalue weighted by atomic mass is 10.0. The second kappa shape index (κ2) is 5.65. The summed E-state index contributed by atoms with van der Waals surface area (Å²) in [5, 5.41) is 5.28. The van der Waals surface area contributed by atoms with E-state index in [1.807, 2.05) is 31.2 Å². The third-order valence-electron chi connectivity index (χ3n) is 2.86. The van der Waals surface area contributed by atoms with E-state index in [9.17, 15) is 4.79 Å². The SMILES string of the molecule is C[C@H](N)CC(=O)NCc1cccc2ccccc12. The van der Waals surface area contributed by atoms with E-state index < -0.39 is 0 Å². The Morgan fingerprint density at radius 2 is 1.94 bits per heavy atom. The van der Waals surface area contributed by atoms with Crippen LogP contribution >= 0.6 is 0 Å². The van der Waals surface area contributed by atoms with Gasteiger partial charge in [-0.15, -0.1) is 0 Å². The minimum atomic E-state index is -0.0995. The van der Waals surface area contributed by atoms with Crippen molar-refractivity contribution in [2.24, 2.45) is 5.73 Å². The average molecular weight is 242 g/mol. The summed E-state index contributed by atoms with van der Waals surface area (Å²) in [6.45, 7) is 2.38. The van der Waals surface area contributed by atoms with Gasteiger partial charge in [-0.2, -0.15) is 0 Å². The molecule has 3 heteroatoms. The Bertz CT molecular complexity index is 544. The fraction of sp³-hybridized carbons (Fsp3) is 0.267. The number of hydrogen-bond donors (Lipinski definition) is 2. The maximum atomic E-state index is 11.6. The first kappa shape index (κ1) is 12.6. The van der Waals surface area contributed by atoms with Gasteiger partial charge in [0.25, 0.3) is 0 Å². The monoisotopic (exact) mass is 242 g/mol. The Hall–Kier alpha value is -1.87. The summed E-state index contributed by atoms with van der Waals surface area (Å²) < 4.78 is 0. The van der Waals surface area contributed by atoms with Crippen LogP contribution in [0.4, 0.5) is 0 Å². The number of fused-ring (bicyclic) bond motifs is 1. The van der Waals surface area contributed by atoms with E-state index in [0.29, 0.717) is 13.0 Å². The molecular formula is C15H18N2O. The molecule has 0 aromatic heterocycles. The van der Waals surface area contributed by atoms with E-state index in [0.717, 1.165) is 5.56 Å². The second-order valence-corrected chi connectivity index (χ2v) is 4.60. The van der Waals surface area contributed by atoms with E-state index in [-0.39, 0.29) is 11.9 Å². The molecule has 2 aromatic carbocycles. The molecule has 0 bridgehead atoms. The molecule has 0 spiro atoms. The van der Waals surface area contributed by atoms with Crippen molar-refractivity contribution >= 4 is 16.7 Å². The molecule has 0 saturated carbocycles. The Morgan fingerprint density at radius 1 is 1.22 bits per heavy atom. The highest BCUT2D eigenvalue weighted by Gasteiger charge is 2.05. The van der Waals surface area contributed by atoms with Crippen LogP contribution in [0, 0.1) is 0 Å². The van der Waals surface area contributed by atoms with Gasteiger partial charge in [0.05, 0.1) is 0 Å². The van der Waals surface area contributed by atoms with Crippen LogP contribution < -0.4 is 11.1 Å². The van der Waals surface area contributed by atoms with E-state index in [2.05, 4.69) is 23.5 Å². The number of rotatable bonds is 4. The number of nitrogens with one attached hydrogen (secondary N) is 1. The van der Waals surface area contributed by atoms with Crippen LogP contribution in [0.2, 0.25) is 0 Å². The van der Waals surface area contributed by atoms with Crippen molar-refractivity contribution in [3.05, 3.63) is 48.0 Å². The zero-order valence-electron chi connectivity index (χ0n) is 10.5. The first-order valence-electron chi connectivity index (χ1n) is 6.16. The largest absolute Gasteiger partial charge is 0.352 e. The van der Waals surface area contributed by atoms with E-state index >= 15 is 0 Å². The molecule has 94 valence electrons. The van der Waals surface area contributed by atoms with Crippen LogP contribution in [0.25, 0.3) is 10.8 Å². The molecular weight excluding hydrogens is 224 g/mol. The lowest BCUT2D eigenvalue weighted by Crippen LogP contribution is -2.29. The van der Waals surface area contributed by atoms with Crippen LogP contribution in [0.3, 0.4) is 0 Å². The standard InChI is InChI=1S/C15H18N2O/c1-11(16)9-15(18)17-10-13-7-4-6-12-5-2-3-8-14(12)13/h2-8,11H,9-10,16H2,1H3,(H,17,18)/t11-/m0/s1. The molecule has 18 heavy (non-hydrogen) atoms. The van der Waals surface area contributed by atoms with E-state index in [1.54, 1.807) is 0 Å². The van der Waals surface area contributed by atoms with Crippen molar-refractivity contribution in [3.63, 3.8) is 0 Å². The molecule has 3 N–H and O–H groups in total. The Morgan fingerprint density at radius 3 is 2.72 bits per heavy atom. The van der Waals surface area contributed by atoms with Gasteiger partial charge in [-0.3, -0.25) is 4.79 Å². The van der Waals surface area contributed by atoms with E-state index in [4.69, 9.17) is 5.73 Å². The summed E-state index contributed by atoms with van der Waals surface area (Å²) in [4.78, 5) is 11.6. The molecule has 1 atom stereocenters. The molecule has 0 aliphatic carbocycles. The molecule has 0 saturated heterocycles. The van der Waals surface area contributed by atoms with Gasteiger partial charge in [-0.25, -0.2) is 0 Å². The summed E-state index contributed by atoms with van der Waals surface area (Å²) in [6, 6.07) is 14.2. The zero-order chi connectivity index (χ0) is 13.0. The fourth-order valence-electron chi connectivity index (χ4n) is 2.01. The summed E-state index contributed by atoms with van der Waals surface area (Å²) >= 11 is 0. The molecule has 0 unspecified atom stereocenters. The van der Waals surface area contributed by atoms with Crippen molar-refractivity contribution in [2.75, 3.05) is 0 Å². The van der Waals surface area contributed by atoms with Crippen LogP contribution in [0.1, 0.15) is 18.9 Å². The van der Waals surface area contributed by atoms with Crippen molar-refractivity contribution in [1.82, 2.24) is 5.32 Å². The fourth-order valence-corrected chi connectivity index (χ4v) is 2.01. The summed E-state index contributed by atoms with van der Waals surface area (Å²) in [7, 11) is 0. The van der Waals surface area contributed by atoms with Crippen LogP contribution in [-0.4, -0.2) is 11.9 Å². The van der Waals surface area contributed by atoms with Crippen molar-refractivity contribution in [3.8, 4) is 0 Å². The van der Waals surface area contributed by atoms with Crippen molar-refractivity contribution < 1.29 is 4.79 Å². The number of carbonyl (C=O) groups excluding carboxylic acids is 1. The van der Waals surface area contributed by atoms with Crippen LogP contribution in [0.15, 0.2) is 42.5 Å². The lowest BCUT2D eigenvalue weighted by Gasteiger charge is -2.09. The molecule has 0 heterocycles. The van der Waals surface area contributed by atoms with Crippen molar-refractivity contribution in [1.29, 1.82) is 0 Å². The number of benzene rings is 2. The summed E-state index contributed by atoms with van der Waals surface area (Å²) in [6.07, 6.45) is 0.366. The van der Waals surface area contributed by atoms with E-state index in [1.165, 1.54) is 10.8 Å². The van der Waals surface area contributed by atoms with Gasteiger partial charge in [-0.05, 0) is 23.3 Å². The maximum absolute atomic E-state index is 11.6. The van der Waals surface area contributed by atoms with Gasteiger partial charge in [0.2, 0.25) is 5.91 Å². The minimum Gasteiger partial charge on any atom is -0.352 e. The van der Waals surface area contributed by atoms with Gasteiger partial charge < -0.3 is 11.1 Å². The Kier molecular flexibility index (Phi) is 3.95. The van der Waals surface area contributed by atoms with Gasteiger partial charge in [0.15, 0.2) is 0 Å². The highest BCUT2D eigenvalue weighted by Crippen LogP contribution is 2.18. The minimum absolute atomic E-state index is 0.00191. The molecule has 3 nitrogen and oxygen atoms in total. The predicted molar refractivity (Wildman–Crippen MR) is 74.1 cm³/mol. The van der Waals surface area contributed by atoms with Crippen molar-refractivity contribution in [2.45, 2.75) is 25.9 Å². The predicted octanol–water partition coefficient (Wildman–Crippen LogP) is 2.19.